The van der Waals surface area contributed by atoms with Crippen LogP contribution >= 0.6 is 58.5 Å². The van der Waals surface area contributed by atoms with Crippen molar-refractivity contribution in [3.05, 3.63) is 64.0 Å². The van der Waals surface area contributed by atoms with Crippen LogP contribution < -0.4 is 26.3 Å². The van der Waals surface area contributed by atoms with Crippen molar-refractivity contribution < 1.29 is 38.8 Å². The molecule has 0 unspecified atom stereocenters. The molecule has 1 aromatic carbocycles. The standard InChI is InChI=1S/C29H31Cl2N7O7S3/c30-16-3-4-18(31)20(10-16)47-14-22(40)36-23-25(41)38-24(28(44)45)15(13-48-26(23)38)12-46-17-5-8-37(9-6-17)11-21(39)35-19(27(42)43)2-1-7-34-29(32)33/h3-6,8-10,19,23,26H,1-2,7,11-14H2,(H7-,32,33,34,35,36,39,40,42,43,44,45)/p+1/t19-,23-,26+/m0/s1. The highest BCUT2D eigenvalue weighted by Gasteiger charge is 2.54. The van der Waals surface area contributed by atoms with Crippen LogP contribution in [0, 0.1) is 5.41 Å². The lowest BCUT2D eigenvalue weighted by Crippen LogP contribution is -2.70. The second-order valence-corrected chi connectivity index (χ2v) is 14.5. The third-order valence-electron chi connectivity index (χ3n) is 7.04. The van der Waals surface area contributed by atoms with E-state index in [2.05, 4.69) is 16.0 Å². The molecule has 0 aliphatic carbocycles. The number of β-lactam (4-membered cyclic amide) rings is 1. The third kappa shape index (κ3) is 9.95. The first-order valence-corrected chi connectivity index (χ1v) is 18.1. The van der Waals surface area contributed by atoms with Gasteiger partial charge in [-0.2, -0.15) is 4.57 Å². The molecule has 19 heteroatoms. The van der Waals surface area contributed by atoms with Crippen molar-refractivity contribution in [3.63, 3.8) is 0 Å². The van der Waals surface area contributed by atoms with E-state index >= 15 is 0 Å². The predicted octanol–water partition coefficient (Wildman–Crippen LogP) is 1.74. The summed E-state index contributed by atoms with van der Waals surface area (Å²) in [6, 6.07) is 6.46. The topological polar surface area (TPSA) is 219 Å². The summed E-state index contributed by atoms with van der Waals surface area (Å²) >= 11 is 16.1. The number of aliphatic carboxylic acids is 2. The van der Waals surface area contributed by atoms with Gasteiger partial charge in [-0.1, -0.05) is 23.2 Å². The molecule has 0 spiro atoms. The minimum atomic E-state index is -1.23. The average molecular weight is 758 g/mol. The number of amides is 3. The smallest absolute Gasteiger partial charge is 0.352 e. The number of carbonyl (C=O) groups excluding carboxylic acids is 3. The highest BCUT2D eigenvalue weighted by atomic mass is 35.5. The van der Waals surface area contributed by atoms with E-state index in [0.717, 1.165) is 4.90 Å². The molecule has 14 nitrogen and oxygen atoms in total. The summed E-state index contributed by atoms with van der Waals surface area (Å²) in [6.45, 7) is 0.191. The van der Waals surface area contributed by atoms with Gasteiger partial charge in [-0.15, -0.1) is 35.3 Å². The zero-order valence-electron chi connectivity index (χ0n) is 25.1. The van der Waals surface area contributed by atoms with Gasteiger partial charge in [-0.3, -0.25) is 24.7 Å². The molecule has 2 aliphatic rings. The van der Waals surface area contributed by atoms with Crippen LogP contribution in [-0.4, -0.2) is 92.0 Å². The Labute approximate surface area is 298 Å². The van der Waals surface area contributed by atoms with Gasteiger partial charge in [0.1, 0.15) is 23.2 Å². The maximum absolute atomic E-state index is 13.0. The third-order valence-corrected chi connectivity index (χ3v) is 11.2. The number of thioether (sulfide) groups is 3. The van der Waals surface area contributed by atoms with Gasteiger partial charge in [-0.25, -0.2) is 9.59 Å². The molecule has 3 atom stereocenters. The summed E-state index contributed by atoms with van der Waals surface area (Å²) in [7, 11) is 0. The van der Waals surface area contributed by atoms with Crippen molar-refractivity contribution in [3.8, 4) is 0 Å². The first-order valence-electron chi connectivity index (χ1n) is 14.3. The van der Waals surface area contributed by atoms with Crippen LogP contribution in [0.1, 0.15) is 12.8 Å². The SMILES string of the molecule is N=C(N)NCCC[C@H](NC(=O)C[n+]1ccc(SCC2=C(C(=O)O)N3C(=O)[C@H](NC(=O)CSc4cc(Cl)ccc4Cl)[C@H]3SC2)cc1)C(=O)O. The van der Waals surface area contributed by atoms with Gasteiger partial charge in [0.25, 0.3) is 11.8 Å². The quantitative estimate of drug-likeness (QED) is 0.0325. The van der Waals surface area contributed by atoms with E-state index in [1.165, 1.54) is 40.2 Å². The van der Waals surface area contributed by atoms with Crippen molar-refractivity contribution in [2.75, 3.05) is 23.8 Å². The number of pyridine rings is 1. The number of halogens is 2. The summed E-state index contributed by atoms with van der Waals surface area (Å²) < 4.78 is 1.58. The fraction of sp³-hybridized carbons (Fsp3) is 0.345. The molecule has 2 aliphatic heterocycles. The van der Waals surface area contributed by atoms with E-state index in [1.807, 2.05) is 0 Å². The fourth-order valence-electron chi connectivity index (χ4n) is 4.75. The number of carboxylic acids is 2. The second kappa shape index (κ2) is 17.1. The highest BCUT2D eigenvalue weighted by molar-refractivity contribution is 8.01. The Morgan fingerprint density at radius 2 is 1.85 bits per heavy atom. The van der Waals surface area contributed by atoms with E-state index in [0.29, 0.717) is 45.0 Å². The summed E-state index contributed by atoms with van der Waals surface area (Å²) in [5, 5.41) is 34.7. The largest absolute Gasteiger partial charge is 0.480 e. The Balaban J connectivity index is 1.28. The Bertz CT molecular complexity index is 1630. The van der Waals surface area contributed by atoms with E-state index in [4.69, 9.17) is 34.3 Å². The van der Waals surface area contributed by atoms with Crippen LogP contribution in [0.3, 0.4) is 0 Å². The number of hydrogen-bond donors (Lipinski definition) is 7. The van der Waals surface area contributed by atoms with E-state index < -0.39 is 47.1 Å². The lowest BCUT2D eigenvalue weighted by molar-refractivity contribution is -0.684. The first kappa shape index (κ1) is 37.2. The normalized spacial score (nSPS) is 17.5. The molecule has 1 fully saturated rings. The number of aromatic nitrogens is 1. The van der Waals surface area contributed by atoms with E-state index in [9.17, 15) is 34.2 Å². The number of carboxylic acid groups (broad SMARTS) is 2. The number of nitrogens with two attached hydrogens (primary N) is 1. The predicted molar refractivity (Wildman–Crippen MR) is 183 cm³/mol. The maximum Gasteiger partial charge on any atom is 0.352 e. The van der Waals surface area contributed by atoms with Gasteiger partial charge in [0.05, 0.1) is 10.8 Å². The van der Waals surface area contributed by atoms with Crippen LogP contribution in [0.25, 0.3) is 0 Å². The number of fused-ring (bicyclic) bond motifs is 1. The van der Waals surface area contributed by atoms with Gasteiger partial charge >= 0.3 is 11.9 Å². The molecular weight excluding hydrogens is 725 g/mol. The molecule has 2 aromatic rings. The minimum absolute atomic E-state index is 0.00352. The number of nitrogens with zero attached hydrogens (tertiary/aromatic N) is 2. The van der Waals surface area contributed by atoms with Crippen LogP contribution in [0.2, 0.25) is 10.0 Å². The van der Waals surface area contributed by atoms with Crippen molar-refractivity contribution in [1.29, 1.82) is 5.41 Å². The van der Waals surface area contributed by atoms with E-state index in [1.54, 1.807) is 47.3 Å². The molecular formula is C29H32Cl2N7O7S3+. The summed E-state index contributed by atoms with van der Waals surface area (Å²) in [5.74, 6) is -3.35. The number of guanidine groups is 1. The molecule has 1 saturated heterocycles. The fourth-order valence-corrected chi connectivity index (χ4v) is 8.42. The monoisotopic (exact) mass is 756 g/mol. The Morgan fingerprint density at radius 3 is 2.52 bits per heavy atom. The first-order chi connectivity index (χ1) is 22.8. The van der Waals surface area contributed by atoms with Gasteiger partial charge in [0.2, 0.25) is 12.5 Å². The Hall–Kier alpha value is -3.64. The summed E-state index contributed by atoms with van der Waals surface area (Å²) in [4.78, 5) is 64.5. The summed E-state index contributed by atoms with van der Waals surface area (Å²) in [6.07, 6.45) is 3.85. The highest BCUT2D eigenvalue weighted by Crippen LogP contribution is 2.41. The summed E-state index contributed by atoms with van der Waals surface area (Å²) in [5.41, 5.74) is 5.68. The molecule has 0 saturated carbocycles. The lowest BCUT2D eigenvalue weighted by atomic mass is 10.0. The zero-order valence-corrected chi connectivity index (χ0v) is 29.1. The second-order valence-electron chi connectivity index (χ2n) is 10.5. The zero-order chi connectivity index (χ0) is 35.0. The number of benzene rings is 1. The van der Waals surface area contributed by atoms with Crippen molar-refractivity contribution in [2.24, 2.45) is 5.73 Å². The molecule has 3 amide bonds. The van der Waals surface area contributed by atoms with Gasteiger partial charge in [0, 0.05) is 45.0 Å². The number of hydrogen-bond acceptors (Lipinski definition) is 9. The van der Waals surface area contributed by atoms with Gasteiger partial charge < -0.3 is 31.9 Å². The molecule has 256 valence electrons. The molecule has 0 bridgehead atoms. The van der Waals surface area contributed by atoms with Gasteiger partial charge in [0.15, 0.2) is 18.4 Å². The van der Waals surface area contributed by atoms with Crippen LogP contribution in [0.5, 0.6) is 0 Å². The van der Waals surface area contributed by atoms with Crippen LogP contribution in [0.15, 0.2) is 63.8 Å². The molecule has 8 N–H and O–H groups in total. The molecule has 0 radical (unpaired) electrons. The van der Waals surface area contributed by atoms with Crippen molar-refractivity contribution >= 4 is 94.1 Å². The Morgan fingerprint density at radius 1 is 1.12 bits per heavy atom. The number of rotatable bonds is 16. The molecule has 48 heavy (non-hydrogen) atoms. The maximum atomic E-state index is 13.0. The minimum Gasteiger partial charge on any atom is -0.480 e. The van der Waals surface area contributed by atoms with Gasteiger partial charge in [-0.05, 0) is 36.6 Å². The van der Waals surface area contributed by atoms with Crippen LogP contribution in [0.4, 0.5) is 0 Å². The number of nitrogens with one attached hydrogen (secondary N) is 4. The molecule has 4 rings (SSSR count). The lowest BCUT2D eigenvalue weighted by Gasteiger charge is -2.49. The van der Waals surface area contributed by atoms with E-state index in [-0.39, 0.29) is 30.4 Å². The molecule has 3 heterocycles. The number of carbonyl (C=O) groups is 5. The van der Waals surface area contributed by atoms with Crippen molar-refractivity contribution in [1.82, 2.24) is 20.9 Å². The average Bonchev–Trinajstić information content (AvgIpc) is 3.04. The van der Waals surface area contributed by atoms with Crippen LogP contribution in [-0.2, 0) is 30.5 Å². The van der Waals surface area contributed by atoms with Crippen molar-refractivity contribution in [2.45, 2.75) is 46.6 Å². The Kier molecular flexibility index (Phi) is 13.3. The molecule has 1 aromatic heterocycles.